The highest BCUT2D eigenvalue weighted by Crippen LogP contribution is 2.25. The summed E-state index contributed by atoms with van der Waals surface area (Å²) < 4.78 is 5.26. The van der Waals surface area contributed by atoms with Gasteiger partial charge in [0.05, 0.1) is 11.5 Å². The number of hydrogen-bond donors (Lipinski definition) is 1. The molecular weight excluding hydrogens is 336 g/mol. The third kappa shape index (κ3) is 4.47. The van der Waals surface area contributed by atoms with Gasteiger partial charge < -0.3 is 9.64 Å². The van der Waals surface area contributed by atoms with E-state index < -0.39 is 11.0 Å². The number of hydrogen-bond acceptors (Lipinski definition) is 6. The minimum atomic E-state index is -0.670. The van der Waals surface area contributed by atoms with Crippen molar-refractivity contribution < 1.29 is 14.5 Å². The average Bonchev–Trinajstić information content (AvgIpc) is 2.68. The Balaban J connectivity index is 1.45. The summed E-state index contributed by atoms with van der Waals surface area (Å²) >= 11 is 0. The molecule has 8 heteroatoms. The molecular formula is C18H20N4O4. The highest BCUT2D eigenvalue weighted by Gasteiger charge is 2.21. The molecule has 2 aromatic rings. The van der Waals surface area contributed by atoms with Gasteiger partial charge in [-0.05, 0) is 37.0 Å². The Kier molecular flexibility index (Phi) is 5.62. The van der Waals surface area contributed by atoms with Crippen molar-refractivity contribution in [3.05, 3.63) is 58.9 Å². The Bertz CT molecular complexity index is 761. The second-order valence-electron chi connectivity index (χ2n) is 6.13. The van der Waals surface area contributed by atoms with Crippen molar-refractivity contribution in [3.8, 4) is 0 Å². The molecule has 0 aliphatic carbocycles. The number of nitrogens with zero attached hydrogens (tertiary/aromatic N) is 3. The molecule has 8 nitrogen and oxygen atoms in total. The largest absolute Gasteiger partial charge is 0.449 e. The average molecular weight is 356 g/mol. The van der Waals surface area contributed by atoms with Crippen molar-refractivity contribution >= 4 is 23.2 Å². The number of benzene rings is 1. The molecule has 1 aliphatic heterocycles. The van der Waals surface area contributed by atoms with Gasteiger partial charge in [-0.3, -0.25) is 20.4 Å². The van der Waals surface area contributed by atoms with Gasteiger partial charge in [0.15, 0.2) is 0 Å². The Morgan fingerprint density at radius 2 is 1.92 bits per heavy atom. The molecule has 0 bridgehead atoms. The minimum absolute atomic E-state index is 0.134. The summed E-state index contributed by atoms with van der Waals surface area (Å²) in [6, 6.07) is 9.95. The van der Waals surface area contributed by atoms with Crippen LogP contribution >= 0.6 is 0 Å². The fourth-order valence-corrected chi connectivity index (χ4v) is 2.99. The van der Waals surface area contributed by atoms with Gasteiger partial charge in [0, 0.05) is 37.2 Å². The van der Waals surface area contributed by atoms with E-state index in [0.717, 1.165) is 31.6 Å². The molecule has 26 heavy (non-hydrogen) atoms. The van der Waals surface area contributed by atoms with E-state index in [9.17, 15) is 14.9 Å². The maximum Gasteiger partial charge on any atom is 0.411 e. The number of nitro groups is 1. The van der Waals surface area contributed by atoms with Gasteiger partial charge in [0.25, 0.3) is 5.69 Å². The van der Waals surface area contributed by atoms with Crippen molar-refractivity contribution in [3.63, 3.8) is 0 Å². The van der Waals surface area contributed by atoms with E-state index in [1.54, 1.807) is 24.5 Å². The molecule has 1 saturated heterocycles. The van der Waals surface area contributed by atoms with Gasteiger partial charge in [0.2, 0.25) is 0 Å². The van der Waals surface area contributed by atoms with E-state index in [-0.39, 0.29) is 17.3 Å². The van der Waals surface area contributed by atoms with E-state index in [1.807, 2.05) is 12.1 Å². The number of nitrogens with one attached hydrogen (secondary N) is 1. The Hall–Kier alpha value is -3.16. The minimum Gasteiger partial charge on any atom is -0.449 e. The Morgan fingerprint density at radius 3 is 2.62 bits per heavy atom. The third-order valence-corrected chi connectivity index (χ3v) is 4.43. The lowest BCUT2D eigenvalue weighted by molar-refractivity contribution is -0.383. The smallest absolute Gasteiger partial charge is 0.411 e. The van der Waals surface area contributed by atoms with Gasteiger partial charge >= 0.3 is 6.09 Å². The van der Waals surface area contributed by atoms with Gasteiger partial charge in [0.1, 0.15) is 5.69 Å². The zero-order valence-corrected chi connectivity index (χ0v) is 14.2. The normalized spacial score (nSPS) is 14.7. The molecule has 2 heterocycles. The molecule has 0 atom stereocenters. The first kappa shape index (κ1) is 17.7. The summed E-state index contributed by atoms with van der Waals surface area (Å²) in [5, 5.41) is 13.4. The highest BCUT2D eigenvalue weighted by atomic mass is 16.6. The molecule has 0 spiro atoms. The standard InChI is InChI=1S/C18H20N4O4/c23-18(20-16-3-1-2-4-17(16)22(24)25)26-13-14-7-11-21(12-8-14)15-5-9-19-10-6-15/h1-6,9-10,14H,7-8,11-13H2,(H,20,23). The Morgan fingerprint density at radius 1 is 1.23 bits per heavy atom. The SMILES string of the molecule is O=C(Nc1ccccc1[N+](=O)[O-])OCC1CCN(c2ccncc2)CC1. The number of amides is 1. The molecule has 1 aromatic heterocycles. The van der Waals surface area contributed by atoms with Crippen LogP contribution < -0.4 is 10.2 Å². The second kappa shape index (κ2) is 8.28. The van der Waals surface area contributed by atoms with Crippen LogP contribution in [0.5, 0.6) is 0 Å². The Labute approximate surface area is 150 Å². The lowest BCUT2D eigenvalue weighted by Gasteiger charge is -2.33. The summed E-state index contributed by atoms with van der Waals surface area (Å²) in [5.74, 6) is 0.282. The van der Waals surface area contributed by atoms with Gasteiger partial charge in [-0.25, -0.2) is 4.79 Å². The zero-order valence-electron chi connectivity index (χ0n) is 14.2. The van der Waals surface area contributed by atoms with E-state index in [2.05, 4.69) is 15.2 Å². The van der Waals surface area contributed by atoms with E-state index >= 15 is 0 Å². The predicted octanol–water partition coefficient (Wildman–Crippen LogP) is 3.45. The van der Waals surface area contributed by atoms with E-state index in [4.69, 9.17) is 4.74 Å². The van der Waals surface area contributed by atoms with E-state index in [0.29, 0.717) is 6.61 Å². The lowest BCUT2D eigenvalue weighted by Crippen LogP contribution is -2.35. The summed E-state index contributed by atoms with van der Waals surface area (Å²) in [6.07, 6.45) is 4.72. The number of nitro benzene ring substituents is 1. The fraction of sp³-hybridized carbons (Fsp3) is 0.333. The van der Waals surface area contributed by atoms with Crippen molar-refractivity contribution in [1.82, 2.24) is 4.98 Å². The van der Waals surface area contributed by atoms with Crippen molar-refractivity contribution in [2.45, 2.75) is 12.8 Å². The van der Waals surface area contributed by atoms with Crippen LogP contribution in [0.3, 0.4) is 0 Å². The fourth-order valence-electron chi connectivity index (χ4n) is 2.99. The number of carbonyl (C=O) groups excluding carboxylic acids is 1. The number of pyridine rings is 1. The van der Waals surface area contributed by atoms with Crippen LogP contribution in [0.4, 0.5) is 21.9 Å². The number of ether oxygens (including phenoxy) is 1. The summed E-state index contributed by atoms with van der Waals surface area (Å²) in [6.45, 7) is 2.09. The first-order valence-electron chi connectivity index (χ1n) is 8.45. The first-order valence-corrected chi connectivity index (χ1v) is 8.45. The van der Waals surface area contributed by atoms with Gasteiger partial charge in [-0.2, -0.15) is 0 Å². The van der Waals surface area contributed by atoms with Gasteiger partial charge in [-0.15, -0.1) is 0 Å². The molecule has 0 unspecified atom stereocenters. The van der Waals surface area contributed by atoms with Crippen LogP contribution in [0, 0.1) is 16.0 Å². The molecule has 1 aromatic carbocycles. The topological polar surface area (TPSA) is 97.6 Å². The summed E-state index contributed by atoms with van der Waals surface area (Å²) in [5.41, 5.74) is 1.12. The molecule has 1 amide bonds. The van der Waals surface area contributed by atoms with Crippen LogP contribution in [-0.2, 0) is 4.74 Å². The predicted molar refractivity (Wildman–Crippen MR) is 97.2 cm³/mol. The molecule has 1 N–H and O–H groups in total. The van der Waals surface area contributed by atoms with Crippen LogP contribution in [0.25, 0.3) is 0 Å². The lowest BCUT2D eigenvalue weighted by atomic mass is 9.97. The molecule has 1 aliphatic rings. The van der Waals surface area contributed by atoms with Crippen LogP contribution in [-0.4, -0.2) is 35.7 Å². The number of anilines is 2. The number of aromatic nitrogens is 1. The zero-order chi connectivity index (χ0) is 18.4. The number of para-hydroxylation sites is 2. The third-order valence-electron chi connectivity index (χ3n) is 4.43. The van der Waals surface area contributed by atoms with Crippen molar-refractivity contribution in [2.75, 3.05) is 29.9 Å². The maximum atomic E-state index is 11.9. The molecule has 136 valence electrons. The molecule has 3 rings (SSSR count). The van der Waals surface area contributed by atoms with E-state index in [1.165, 1.54) is 12.1 Å². The first-order chi connectivity index (χ1) is 12.6. The molecule has 0 radical (unpaired) electrons. The summed E-state index contributed by atoms with van der Waals surface area (Å²) in [7, 11) is 0. The van der Waals surface area contributed by atoms with Crippen molar-refractivity contribution in [1.29, 1.82) is 0 Å². The number of rotatable bonds is 5. The number of carbonyl (C=O) groups is 1. The number of piperidine rings is 1. The molecule has 1 fully saturated rings. The van der Waals surface area contributed by atoms with Crippen molar-refractivity contribution in [2.24, 2.45) is 5.92 Å². The summed E-state index contributed by atoms with van der Waals surface area (Å²) in [4.78, 5) is 28.7. The van der Waals surface area contributed by atoms with Crippen LogP contribution in [0.2, 0.25) is 0 Å². The van der Waals surface area contributed by atoms with Gasteiger partial charge in [-0.1, -0.05) is 12.1 Å². The maximum absolute atomic E-state index is 11.9. The monoisotopic (exact) mass is 356 g/mol. The van der Waals surface area contributed by atoms with Crippen LogP contribution in [0.1, 0.15) is 12.8 Å². The second-order valence-corrected chi connectivity index (χ2v) is 6.13. The quantitative estimate of drug-likeness (QED) is 0.651. The highest BCUT2D eigenvalue weighted by molar-refractivity contribution is 5.87. The molecule has 0 saturated carbocycles. The van der Waals surface area contributed by atoms with Crippen LogP contribution in [0.15, 0.2) is 48.8 Å².